The van der Waals surface area contributed by atoms with E-state index in [1.807, 2.05) is 0 Å². The zero-order valence-electron chi connectivity index (χ0n) is 10.8. The van der Waals surface area contributed by atoms with Crippen LogP contribution in [0.25, 0.3) is 0 Å². The van der Waals surface area contributed by atoms with Gasteiger partial charge in [-0.15, -0.1) is 12.4 Å². The van der Waals surface area contributed by atoms with E-state index in [1.54, 1.807) is 29.2 Å². The molecule has 1 saturated heterocycles. The lowest BCUT2D eigenvalue weighted by molar-refractivity contribution is -0.140. The second kappa shape index (κ2) is 7.36. The number of hydrogen-bond acceptors (Lipinski definition) is 3. The number of nitrogens with two attached hydrogens (primary N) is 1. The first-order chi connectivity index (χ1) is 9.06. The number of benzene rings is 1. The van der Waals surface area contributed by atoms with E-state index in [4.69, 9.17) is 27.5 Å². The molecule has 1 aromatic rings. The molecule has 20 heavy (non-hydrogen) atoms. The normalized spacial score (nSPS) is 15.3. The van der Waals surface area contributed by atoms with Crippen LogP contribution in [0.3, 0.4) is 0 Å². The Hall–Kier alpha value is -1.46. The first-order valence-electron chi connectivity index (χ1n) is 6.12. The number of rotatable bonds is 2. The van der Waals surface area contributed by atoms with Gasteiger partial charge in [0.2, 0.25) is 0 Å². The van der Waals surface area contributed by atoms with Gasteiger partial charge in [-0.05, 0) is 37.1 Å². The second-order valence-corrected chi connectivity index (χ2v) is 4.96. The number of carbonyl (C=O) groups is 1. The number of hydrogen-bond donors (Lipinski definition) is 2. The van der Waals surface area contributed by atoms with Gasteiger partial charge in [0.15, 0.2) is 5.96 Å². The number of carbonyl (C=O) groups excluding carboxylic acids is 1. The van der Waals surface area contributed by atoms with Gasteiger partial charge in [-0.1, -0.05) is 11.6 Å². The van der Waals surface area contributed by atoms with Crippen LogP contribution < -0.4 is 10.5 Å². The van der Waals surface area contributed by atoms with Crippen molar-refractivity contribution in [2.24, 2.45) is 11.7 Å². The average molecular weight is 318 g/mol. The van der Waals surface area contributed by atoms with Crippen molar-refractivity contribution in [3.63, 3.8) is 0 Å². The highest BCUT2D eigenvalue weighted by molar-refractivity contribution is 6.30. The molecule has 0 radical (unpaired) electrons. The molecule has 0 unspecified atom stereocenters. The molecule has 1 aliphatic heterocycles. The Morgan fingerprint density at radius 3 is 2.35 bits per heavy atom. The van der Waals surface area contributed by atoms with Crippen LogP contribution >= 0.6 is 24.0 Å². The van der Waals surface area contributed by atoms with Gasteiger partial charge in [-0.3, -0.25) is 10.2 Å². The molecule has 2 rings (SSSR count). The summed E-state index contributed by atoms with van der Waals surface area (Å²) in [4.78, 5) is 13.7. The quantitative estimate of drug-likeness (QED) is 0.379. The maximum atomic E-state index is 12.0. The minimum atomic E-state index is -0.231. The smallest absolute Gasteiger partial charge is 0.314 e. The number of nitrogens with one attached hydrogen (secondary N) is 1. The lowest BCUT2D eigenvalue weighted by Gasteiger charge is -2.30. The Balaban J connectivity index is 0.00000200. The van der Waals surface area contributed by atoms with Crippen LogP contribution in [0.1, 0.15) is 12.8 Å². The Morgan fingerprint density at radius 2 is 1.85 bits per heavy atom. The minimum absolute atomic E-state index is 0. The Morgan fingerprint density at radius 1 is 1.30 bits per heavy atom. The number of nitrogens with zero attached hydrogens (tertiary/aromatic N) is 1. The van der Waals surface area contributed by atoms with E-state index >= 15 is 0 Å². The van der Waals surface area contributed by atoms with Crippen molar-refractivity contribution in [3.05, 3.63) is 29.3 Å². The summed E-state index contributed by atoms with van der Waals surface area (Å²) >= 11 is 5.76. The van der Waals surface area contributed by atoms with Crippen LogP contribution in [-0.4, -0.2) is 29.9 Å². The summed E-state index contributed by atoms with van der Waals surface area (Å²) < 4.78 is 5.30. The molecule has 1 aromatic carbocycles. The van der Waals surface area contributed by atoms with Gasteiger partial charge < -0.3 is 15.4 Å². The van der Waals surface area contributed by atoms with E-state index in [1.165, 1.54) is 0 Å². The highest BCUT2D eigenvalue weighted by atomic mass is 35.5. The lowest BCUT2D eigenvalue weighted by Crippen LogP contribution is -2.44. The Kier molecular flexibility index (Phi) is 6.10. The monoisotopic (exact) mass is 317 g/mol. The third-order valence-electron chi connectivity index (χ3n) is 3.20. The molecular formula is C13H17Cl2N3O2. The van der Waals surface area contributed by atoms with E-state index in [0.717, 1.165) is 0 Å². The van der Waals surface area contributed by atoms with Crippen molar-refractivity contribution in [3.8, 4) is 5.75 Å². The molecule has 0 aliphatic carbocycles. The topological polar surface area (TPSA) is 79.4 Å². The van der Waals surface area contributed by atoms with E-state index < -0.39 is 0 Å². The van der Waals surface area contributed by atoms with Crippen LogP contribution in [0, 0.1) is 11.3 Å². The van der Waals surface area contributed by atoms with Crippen molar-refractivity contribution in [2.75, 3.05) is 13.1 Å². The summed E-state index contributed by atoms with van der Waals surface area (Å²) in [6.45, 7) is 1.24. The maximum absolute atomic E-state index is 12.0. The van der Waals surface area contributed by atoms with E-state index in [-0.39, 0.29) is 30.3 Å². The first-order valence-corrected chi connectivity index (χ1v) is 6.50. The van der Waals surface area contributed by atoms with Crippen LogP contribution in [0.4, 0.5) is 0 Å². The number of guanidine groups is 1. The lowest BCUT2D eigenvalue weighted by atomic mass is 9.97. The largest absolute Gasteiger partial charge is 0.426 e. The predicted molar refractivity (Wildman–Crippen MR) is 80.5 cm³/mol. The van der Waals surface area contributed by atoms with Crippen molar-refractivity contribution >= 4 is 35.9 Å². The SMILES string of the molecule is Cl.N=C(N)N1CCC(C(=O)Oc2ccc(Cl)cc2)CC1. The molecule has 1 heterocycles. The summed E-state index contributed by atoms with van der Waals surface area (Å²) in [5.41, 5.74) is 5.41. The highest BCUT2D eigenvalue weighted by Gasteiger charge is 2.26. The summed E-state index contributed by atoms with van der Waals surface area (Å²) in [6, 6.07) is 6.71. The van der Waals surface area contributed by atoms with Gasteiger partial charge >= 0.3 is 5.97 Å². The molecule has 110 valence electrons. The maximum Gasteiger partial charge on any atom is 0.314 e. The number of esters is 1. The van der Waals surface area contributed by atoms with E-state index in [9.17, 15) is 4.79 Å². The second-order valence-electron chi connectivity index (χ2n) is 4.52. The molecule has 0 atom stereocenters. The predicted octanol–water partition coefficient (Wildman–Crippen LogP) is 2.27. The summed E-state index contributed by atoms with van der Waals surface area (Å²) in [5, 5.41) is 7.94. The number of piperidine rings is 1. The van der Waals surface area contributed by atoms with Crippen LogP contribution in [-0.2, 0) is 4.79 Å². The number of likely N-dealkylation sites (tertiary alicyclic amines) is 1. The molecule has 0 saturated carbocycles. The summed E-state index contributed by atoms with van der Waals surface area (Å²) in [5.74, 6) is 0.199. The molecule has 0 bridgehead atoms. The van der Waals surface area contributed by atoms with E-state index in [2.05, 4.69) is 0 Å². The molecule has 7 heteroatoms. The summed E-state index contributed by atoms with van der Waals surface area (Å²) in [6.07, 6.45) is 1.32. The fourth-order valence-corrected chi connectivity index (χ4v) is 2.18. The van der Waals surface area contributed by atoms with Gasteiger partial charge in [0.05, 0.1) is 5.92 Å². The minimum Gasteiger partial charge on any atom is -0.426 e. The van der Waals surface area contributed by atoms with Crippen LogP contribution in [0.2, 0.25) is 5.02 Å². The van der Waals surface area contributed by atoms with Gasteiger partial charge in [-0.25, -0.2) is 0 Å². The standard InChI is InChI=1S/C13H16ClN3O2.ClH/c14-10-1-3-11(4-2-10)19-12(18)9-5-7-17(8-6-9)13(15)16;/h1-4,9H,5-8H2,(H3,15,16);1H. The zero-order valence-corrected chi connectivity index (χ0v) is 12.4. The Bertz CT molecular complexity index is 471. The molecule has 0 aromatic heterocycles. The summed E-state index contributed by atoms with van der Waals surface area (Å²) in [7, 11) is 0. The van der Waals surface area contributed by atoms with E-state index in [0.29, 0.717) is 36.7 Å². The molecule has 1 fully saturated rings. The third kappa shape index (κ3) is 4.28. The zero-order chi connectivity index (χ0) is 13.8. The Labute approximate surface area is 128 Å². The first kappa shape index (κ1) is 16.6. The molecule has 0 amide bonds. The van der Waals surface area contributed by atoms with Crippen molar-refractivity contribution in [2.45, 2.75) is 12.8 Å². The van der Waals surface area contributed by atoms with Crippen LogP contribution in [0.5, 0.6) is 5.75 Å². The fourth-order valence-electron chi connectivity index (χ4n) is 2.06. The van der Waals surface area contributed by atoms with Gasteiger partial charge in [0.1, 0.15) is 5.75 Å². The number of halogens is 2. The third-order valence-corrected chi connectivity index (χ3v) is 3.45. The molecular weight excluding hydrogens is 301 g/mol. The molecule has 5 nitrogen and oxygen atoms in total. The van der Waals surface area contributed by atoms with Crippen molar-refractivity contribution < 1.29 is 9.53 Å². The fraction of sp³-hybridized carbons (Fsp3) is 0.385. The molecule has 0 spiro atoms. The molecule has 1 aliphatic rings. The number of ether oxygens (including phenoxy) is 1. The molecule has 3 N–H and O–H groups in total. The van der Waals surface area contributed by atoms with Crippen LogP contribution in [0.15, 0.2) is 24.3 Å². The highest BCUT2D eigenvalue weighted by Crippen LogP contribution is 2.21. The van der Waals surface area contributed by atoms with Gasteiger partial charge in [0.25, 0.3) is 0 Å². The van der Waals surface area contributed by atoms with Crippen molar-refractivity contribution in [1.82, 2.24) is 4.90 Å². The van der Waals surface area contributed by atoms with Gasteiger partial charge in [0, 0.05) is 18.1 Å². The average Bonchev–Trinajstić information content (AvgIpc) is 2.41. The van der Waals surface area contributed by atoms with Crippen molar-refractivity contribution in [1.29, 1.82) is 5.41 Å². The van der Waals surface area contributed by atoms with Gasteiger partial charge in [-0.2, -0.15) is 0 Å².